The largest absolute Gasteiger partial charge is 0.416 e. The van der Waals surface area contributed by atoms with Crippen molar-refractivity contribution in [2.45, 2.75) is 58.3 Å². The third-order valence-electron chi connectivity index (χ3n) is 6.15. The van der Waals surface area contributed by atoms with Crippen molar-refractivity contribution in [1.82, 2.24) is 25.2 Å². The van der Waals surface area contributed by atoms with Crippen LogP contribution in [0.5, 0.6) is 0 Å². The lowest BCUT2D eigenvalue weighted by molar-refractivity contribution is -0.143. The zero-order valence-electron chi connectivity index (χ0n) is 22.2. The summed E-state index contributed by atoms with van der Waals surface area (Å²) in [5.41, 5.74) is -3.18. The van der Waals surface area contributed by atoms with Gasteiger partial charge in [-0.15, -0.1) is 11.3 Å². The van der Waals surface area contributed by atoms with Gasteiger partial charge < -0.3 is 15.0 Å². The van der Waals surface area contributed by atoms with Crippen LogP contribution in [0.25, 0.3) is 10.7 Å². The van der Waals surface area contributed by atoms with Gasteiger partial charge in [0.1, 0.15) is 15.6 Å². The second-order valence-corrected chi connectivity index (χ2v) is 10.8. The van der Waals surface area contributed by atoms with Crippen molar-refractivity contribution < 1.29 is 40.7 Å². The molecule has 1 unspecified atom stereocenters. The fourth-order valence-corrected chi connectivity index (χ4v) is 5.26. The second-order valence-electron chi connectivity index (χ2n) is 9.73. The molecule has 2 amide bonds. The van der Waals surface area contributed by atoms with E-state index in [0.29, 0.717) is 40.8 Å². The number of morpholine rings is 1. The highest BCUT2D eigenvalue weighted by Gasteiger charge is 2.38. The summed E-state index contributed by atoms with van der Waals surface area (Å²) in [5, 5.41) is 2.70. The first-order valence-electron chi connectivity index (χ1n) is 12.4. The van der Waals surface area contributed by atoms with Crippen molar-refractivity contribution in [2.75, 3.05) is 13.1 Å². The fraction of sp³-hybridized carbons (Fsp3) is 0.423. The molecular formula is C26H25F6N5O3S. The highest BCUT2D eigenvalue weighted by atomic mass is 32.1. The minimum Gasteiger partial charge on any atom is -0.372 e. The van der Waals surface area contributed by atoms with Gasteiger partial charge in [0, 0.05) is 24.8 Å². The molecule has 41 heavy (non-hydrogen) atoms. The molecule has 1 aliphatic heterocycles. The molecule has 0 bridgehead atoms. The molecule has 1 saturated heterocycles. The Balaban J connectivity index is 1.61. The summed E-state index contributed by atoms with van der Waals surface area (Å²) in [5.74, 6) is -1.42. The molecule has 0 saturated carbocycles. The number of carbonyl (C=O) groups is 2. The Morgan fingerprint density at radius 2 is 1.59 bits per heavy atom. The normalized spacial score (nSPS) is 18.7. The minimum atomic E-state index is -5.10. The number of hydrogen-bond acceptors (Lipinski definition) is 7. The topological polar surface area (TPSA) is 97.3 Å². The Morgan fingerprint density at radius 1 is 1.00 bits per heavy atom. The highest BCUT2D eigenvalue weighted by molar-refractivity contribution is 7.16. The van der Waals surface area contributed by atoms with E-state index < -0.39 is 41.0 Å². The number of hydrogen-bond donors (Lipinski definition) is 1. The number of nitrogens with one attached hydrogen (secondary N) is 1. The van der Waals surface area contributed by atoms with Crippen LogP contribution >= 0.6 is 11.3 Å². The van der Waals surface area contributed by atoms with Gasteiger partial charge in [0.05, 0.1) is 47.0 Å². The molecule has 0 aliphatic carbocycles. The third kappa shape index (κ3) is 7.01. The number of ether oxygens (including phenoxy) is 1. The summed E-state index contributed by atoms with van der Waals surface area (Å²) in [6.45, 7) is 7.64. The summed E-state index contributed by atoms with van der Waals surface area (Å²) in [6, 6.07) is -0.349. The maximum absolute atomic E-state index is 13.3. The Hall–Kier alpha value is -3.59. The lowest BCUT2D eigenvalue weighted by Gasteiger charge is -2.35. The number of alkyl halides is 6. The van der Waals surface area contributed by atoms with E-state index in [-0.39, 0.29) is 35.6 Å². The number of aromatic nitrogens is 3. The summed E-state index contributed by atoms with van der Waals surface area (Å²) in [6.07, 6.45) is -7.70. The summed E-state index contributed by atoms with van der Waals surface area (Å²) >= 11 is 1.05. The van der Waals surface area contributed by atoms with Gasteiger partial charge in [-0.1, -0.05) is 0 Å². The van der Waals surface area contributed by atoms with E-state index >= 15 is 0 Å². The molecule has 4 rings (SSSR count). The molecule has 2 aromatic heterocycles. The molecule has 15 heteroatoms. The molecular weight excluding hydrogens is 576 g/mol. The van der Waals surface area contributed by atoms with Crippen LogP contribution in [0.4, 0.5) is 26.3 Å². The molecule has 8 nitrogen and oxygen atoms in total. The van der Waals surface area contributed by atoms with Crippen molar-refractivity contribution in [2.24, 2.45) is 0 Å². The summed E-state index contributed by atoms with van der Waals surface area (Å²) in [7, 11) is 0. The van der Waals surface area contributed by atoms with Gasteiger partial charge in [0.25, 0.3) is 11.8 Å². The average molecular weight is 602 g/mol. The first kappa shape index (κ1) is 30.4. The van der Waals surface area contributed by atoms with Gasteiger partial charge >= 0.3 is 12.4 Å². The number of benzene rings is 1. The van der Waals surface area contributed by atoms with Gasteiger partial charge in [-0.3, -0.25) is 14.6 Å². The van der Waals surface area contributed by atoms with Crippen molar-refractivity contribution in [3.05, 3.63) is 63.5 Å². The first-order valence-corrected chi connectivity index (χ1v) is 13.2. The van der Waals surface area contributed by atoms with Crippen LogP contribution in [0.2, 0.25) is 0 Å². The Kier molecular flexibility index (Phi) is 8.41. The van der Waals surface area contributed by atoms with Crippen LogP contribution in [0.1, 0.15) is 69.4 Å². The number of thiazole rings is 1. The standard InChI is InChI=1S/C26H25F6N5O3S/c1-12-8-33-20(15(4)36-22(38)16-5-17(25(27,28)29)7-18(6-16)26(30,31)32)21(35-12)23-34-9-19(41-23)24(39)37-10-13(2)40-14(3)11-37/h5-9,13-15H,10-11H2,1-4H3,(H,36,38)/t13-,14+,15?. The van der Waals surface area contributed by atoms with E-state index in [4.69, 9.17) is 4.74 Å². The molecule has 3 atom stereocenters. The predicted octanol–water partition coefficient (Wildman–Crippen LogP) is 5.69. The van der Waals surface area contributed by atoms with Crippen molar-refractivity contribution in [3.63, 3.8) is 0 Å². The molecule has 1 fully saturated rings. The molecule has 3 aromatic rings. The molecule has 220 valence electrons. The van der Waals surface area contributed by atoms with Crippen LogP contribution in [-0.2, 0) is 17.1 Å². The first-order chi connectivity index (χ1) is 19.0. The van der Waals surface area contributed by atoms with E-state index in [9.17, 15) is 35.9 Å². The van der Waals surface area contributed by atoms with Crippen molar-refractivity contribution in [3.8, 4) is 10.7 Å². The number of carbonyl (C=O) groups excluding carboxylic acids is 2. The van der Waals surface area contributed by atoms with Crippen LogP contribution in [-0.4, -0.2) is 57.0 Å². The van der Waals surface area contributed by atoms with Crippen molar-refractivity contribution in [1.29, 1.82) is 0 Å². The Labute approximate surface area is 234 Å². The molecule has 3 heterocycles. The summed E-state index contributed by atoms with van der Waals surface area (Å²) < 4.78 is 85.3. The van der Waals surface area contributed by atoms with Gasteiger partial charge in [0.15, 0.2) is 0 Å². The molecule has 1 aromatic carbocycles. The van der Waals surface area contributed by atoms with E-state index in [2.05, 4.69) is 20.3 Å². The van der Waals surface area contributed by atoms with Gasteiger partial charge in [0.2, 0.25) is 0 Å². The zero-order chi connectivity index (χ0) is 30.3. The van der Waals surface area contributed by atoms with Gasteiger partial charge in [-0.05, 0) is 45.9 Å². The number of halogens is 6. The highest BCUT2D eigenvalue weighted by Crippen LogP contribution is 2.37. The number of rotatable bonds is 5. The fourth-order valence-electron chi connectivity index (χ4n) is 4.38. The number of nitrogens with zero attached hydrogens (tertiary/aromatic N) is 4. The quantitative estimate of drug-likeness (QED) is 0.378. The monoisotopic (exact) mass is 601 g/mol. The van der Waals surface area contributed by atoms with Crippen LogP contribution in [0, 0.1) is 6.92 Å². The van der Waals surface area contributed by atoms with Crippen LogP contribution in [0.3, 0.4) is 0 Å². The smallest absolute Gasteiger partial charge is 0.372 e. The van der Waals surface area contributed by atoms with E-state index in [1.807, 2.05) is 13.8 Å². The van der Waals surface area contributed by atoms with E-state index in [1.165, 1.54) is 19.3 Å². The summed E-state index contributed by atoms with van der Waals surface area (Å²) in [4.78, 5) is 41.0. The second kappa shape index (κ2) is 11.4. The van der Waals surface area contributed by atoms with Crippen LogP contribution < -0.4 is 5.32 Å². The average Bonchev–Trinajstić information content (AvgIpc) is 3.36. The minimum absolute atomic E-state index is 0.0523. The lowest BCUT2D eigenvalue weighted by atomic mass is 10.0. The molecule has 1 N–H and O–H groups in total. The lowest BCUT2D eigenvalue weighted by Crippen LogP contribution is -2.48. The Morgan fingerprint density at radius 3 is 2.15 bits per heavy atom. The maximum atomic E-state index is 13.3. The molecule has 1 aliphatic rings. The SMILES string of the molecule is Cc1cnc(C(C)NC(=O)c2cc(C(F)(F)F)cc(C(F)(F)F)c2)c(-c2ncc(C(=O)N3C[C@@H](C)O[C@@H](C)C3)s2)n1. The van der Waals surface area contributed by atoms with Crippen LogP contribution in [0.15, 0.2) is 30.6 Å². The van der Waals surface area contributed by atoms with Gasteiger partial charge in [-0.25, -0.2) is 9.97 Å². The van der Waals surface area contributed by atoms with E-state index in [1.54, 1.807) is 11.8 Å². The maximum Gasteiger partial charge on any atom is 0.416 e. The zero-order valence-corrected chi connectivity index (χ0v) is 23.0. The predicted molar refractivity (Wildman–Crippen MR) is 136 cm³/mol. The van der Waals surface area contributed by atoms with Crippen molar-refractivity contribution >= 4 is 23.2 Å². The number of amides is 2. The number of aryl methyl sites for hydroxylation is 1. The van der Waals surface area contributed by atoms with E-state index in [0.717, 1.165) is 11.3 Å². The molecule has 0 spiro atoms. The molecule has 0 radical (unpaired) electrons. The Bertz CT molecular complexity index is 1420. The third-order valence-corrected chi connectivity index (χ3v) is 7.15. The van der Waals surface area contributed by atoms with Gasteiger partial charge in [-0.2, -0.15) is 26.3 Å².